The number of aryl methyl sites for hydroxylation is 2. The van der Waals surface area contributed by atoms with Gasteiger partial charge in [-0.2, -0.15) is 4.68 Å². The summed E-state index contributed by atoms with van der Waals surface area (Å²) < 4.78 is 1.79. The van der Waals surface area contributed by atoms with Crippen molar-refractivity contribution in [1.82, 2.24) is 25.2 Å². The van der Waals surface area contributed by atoms with Gasteiger partial charge in [0.2, 0.25) is 5.16 Å². The number of fused-ring (bicyclic) bond motifs is 1. The van der Waals surface area contributed by atoms with Crippen LogP contribution in [0.3, 0.4) is 0 Å². The van der Waals surface area contributed by atoms with Crippen molar-refractivity contribution in [1.29, 1.82) is 0 Å². The molecule has 5 nitrogen and oxygen atoms in total. The highest BCUT2D eigenvalue weighted by atomic mass is 35.5. The van der Waals surface area contributed by atoms with Crippen LogP contribution in [0.1, 0.15) is 16.7 Å². The standard InChI is InChI=1S/C19H16ClN5S/c1-12-6-5-7-13(2)17(12)25-19(22-23-24-25)26-11-15-10-14-8-3-4-9-16(14)21-18(15)20/h3-10H,11H2,1-2H3. The highest BCUT2D eigenvalue weighted by molar-refractivity contribution is 7.98. The van der Waals surface area contributed by atoms with Crippen molar-refractivity contribution < 1.29 is 0 Å². The van der Waals surface area contributed by atoms with Crippen LogP contribution < -0.4 is 0 Å². The second-order valence-electron chi connectivity index (χ2n) is 6.03. The number of hydrogen-bond acceptors (Lipinski definition) is 5. The highest BCUT2D eigenvalue weighted by Crippen LogP contribution is 2.29. The Hall–Kier alpha value is -2.44. The van der Waals surface area contributed by atoms with E-state index in [0.717, 1.165) is 38.4 Å². The van der Waals surface area contributed by atoms with Gasteiger partial charge in [0.15, 0.2) is 0 Å². The lowest BCUT2D eigenvalue weighted by molar-refractivity contribution is 0.747. The third-order valence-electron chi connectivity index (χ3n) is 4.20. The Labute approximate surface area is 160 Å². The van der Waals surface area contributed by atoms with Crippen molar-refractivity contribution in [2.45, 2.75) is 24.8 Å². The van der Waals surface area contributed by atoms with E-state index < -0.39 is 0 Å². The molecule has 4 aromatic rings. The van der Waals surface area contributed by atoms with Crippen LogP contribution in [-0.2, 0) is 5.75 Å². The number of pyridine rings is 1. The maximum absolute atomic E-state index is 6.37. The highest BCUT2D eigenvalue weighted by Gasteiger charge is 2.14. The molecule has 0 saturated carbocycles. The van der Waals surface area contributed by atoms with E-state index in [1.807, 2.05) is 30.3 Å². The van der Waals surface area contributed by atoms with Gasteiger partial charge in [0.1, 0.15) is 5.15 Å². The topological polar surface area (TPSA) is 56.5 Å². The first-order valence-electron chi connectivity index (χ1n) is 8.15. The van der Waals surface area contributed by atoms with E-state index in [4.69, 9.17) is 11.6 Å². The zero-order valence-corrected chi connectivity index (χ0v) is 15.9. The van der Waals surface area contributed by atoms with E-state index in [9.17, 15) is 0 Å². The molecule has 0 spiro atoms. The molecule has 4 rings (SSSR count). The van der Waals surface area contributed by atoms with Gasteiger partial charge in [-0.25, -0.2) is 4.98 Å². The zero-order valence-electron chi connectivity index (χ0n) is 14.3. The lowest BCUT2D eigenvalue weighted by atomic mass is 10.1. The minimum Gasteiger partial charge on any atom is -0.236 e. The Kier molecular flexibility index (Phi) is 4.61. The molecule has 7 heteroatoms. The largest absolute Gasteiger partial charge is 0.236 e. The fourth-order valence-corrected chi connectivity index (χ4v) is 4.07. The summed E-state index contributed by atoms with van der Waals surface area (Å²) in [4.78, 5) is 4.48. The maximum Gasteiger partial charge on any atom is 0.214 e. The Morgan fingerprint density at radius 2 is 1.81 bits per heavy atom. The summed E-state index contributed by atoms with van der Waals surface area (Å²) >= 11 is 7.91. The van der Waals surface area contributed by atoms with Crippen LogP contribution in [0.4, 0.5) is 0 Å². The third kappa shape index (κ3) is 3.18. The minimum absolute atomic E-state index is 0.516. The van der Waals surface area contributed by atoms with Crippen molar-refractivity contribution >= 4 is 34.3 Å². The van der Waals surface area contributed by atoms with E-state index in [1.165, 1.54) is 0 Å². The van der Waals surface area contributed by atoms with Gasteiger partial charge in [-0.15, -0.1) is 5.10 Å². The average molecular weight is 382 g/mol. The Morgan fingerprint density at radius 3 is 2.62 bits per heavy atom. The van der Waals surface area contributed by atoms with Gasteiger partial charge in [-0.05, 0) is 47.5 Å². The van der Waals surface area contributed by atoms with Gasteiger partial charge in [0, 0.05) is 16.7 Å². The number of thioether (sulfide) groups is 1. The van der Waals surface area contributed by atoms with E-state index in [0.29, 0.717) is 10.9 Å². The number of rotatable bonds is 4. The fraction of sp³-hybridized carbons (Fsp3) is 0.158. The number of para-hydroxylation sites is 2. The van der Waals surface area contributed by atoms with Gasteiger partial charge in [0.25, 0.3) is 0 Å². The molecule has 0 aliphatic carbocycles. The monoisotopic (exact) mass is 381 g/mol. The lowest BCUT2D eigenvalue weighted by Gasteiger charge is -2.11. The molecule has 2 aromatic carbocycles. The predicted octanol–water partition coefficient (Wildman–Crippen LogP) is 4.77. The van der Waals surface area contributed by atoms with E-state index in [1.54, 1.807) is 16.4 Å². The molecule has 130 valence electrons. The molecule has 0 aliphatic rings. The number of aromatic nitrogens is 5. The third-order valence-corrected chi connectivity index (χ3v) is 5.49. The first-order chi connectivity index (χ1) is 12.6. The Morgan fingerprint density at radius 1 is 1.04 bits per heavy atom. The van der Waals surface area contributed by atoms with Crippen LogP contribution in [0.5, 0.6) is 0 Å². The second kappa shape index (κ2) is 7.05. The predicted molar refractivity (Wildman–Crippen MR) is 105 cm³/mol. The summed E-state index contributed by atoms with van der Waals surface area (Å²) in [6, 6.07) is 16.2. The number of nitrogens with zero attached hydrogens (tertiary/aromatic N) is 5. The molecule has 0 fully saturated rings. The summed E-state index contributed by atoms with van der Waals surface area (Å²) in [5.41, 5.74) is 5.13. The van der Waals surface area contributed by atoms with Crippen molar-refractivity contribution in [3.63, 3.8) is 0 Å². The minimum atomic E-state index is 0.516. The first kappa shape index (κ1) is 17.0. The lowest BCUT2D eigenvalue weighted by Crippen LogP contribution is -2.04. The second-order valence-corrected chi connectivity index (χ2v) is 7.33. The number of tetrazole rings is 1. The van der Waals surface area contributed by atoms with Gasteiger partial charge in [-0.3, -0.25) is 0 Å². The molecule has 0 N–H and O–H groups in total. The van der Waals surface area contributed by atoms with Crippen LogP contribution in [0.25, 0.3) is 16.6 Å². The van der Waals surface area contributed by atoms with Crippen LogP contribution >= 0.6 is 23.4 Å². The van der Waals surface area contributed by atoms with Crippen LogP contribution in [0, 0.1) is 13.8 Å². The molecule has 0 radical (unpaired) electrons. The van der Waals surface area contributed by atoms with Crippen LogP contribution in [-0.4, -0.2) is 25.2 Å². The van der Waals surface area contributed by atoms with Crippen LogP contribution in [0.15, 0.2) is 53.7 Å². The van der Waals surface area contributed by atoms with E-state index in [-0.39, 0.29) is 0 Å². The Balaban J connectivity index is 1.64. The first-order valence-corrected chi connectivity index (χ1v) is 9.52. The van der Waals surface area contributed by atoms with Gasteiger partial charge in [0.05, 0.1) is 11.2 Å². The molecule has 0 bridgehead atoms. The molecule has 26 heavy (non-hydrogen) atoms. The van der Waals surface area contributed by atoms with Crippen LogP contribution in [0.2, 0.25) is 5.15 Å². The molecule has 0 saturated heterocycles. The maximum atomic E-state index is 6.37. The summed E-state index contributed by atoms with van der Waals surface area (Å²) in [6.07, 6.45) is 0. The summed E-state index contributed by atoms with van der Waals surface area (Å²) in [5.74, 6) is 0.641. The van der Waals surface area contributed by atoms with Crippen molar-refractivity contribution in [3.05, 3.63) is 70.4 Å². The molecule has 2 aromatic heterocycles. The summed E-state index contributed by atoms with van der Waals surface area (Å²) in [6.45, 7) is 4.12. The molecule has 0 amide bonds. The average Bonchev–Trinajstić information content (AvgIpc) is 3.08. The quantitative estimate of drug-likeness (QED) is 0.376. The number of hydrogen-bond donors (Lipinski definition) is 0. The van der Waals surface area contributed by atoms with E-state index >= 15 is 0 Å². The molecular weight excluding hydrogens is 366 g/mol. The number of benzene rings is 2. The smallest absolute Gasteiger partial charge is 0.214 e. The molecule has 0 atom stereocenters. The summed E-state index contributed by atoms with van der Waals surface area (Å²) in [7, 11) is 0. The SMILES string of the molecule is Cc1cccc(C)c1-n1nnnc1SCc1cc2ccccc2nc1Cl. The van der Waals surface area contributed by atoms with Crippen molar-refractivity contribution in [2.24, 2.45) is 0 Å². The van der Waals surface area contributed by atoms with Gasteiger partial charge < -0.3 is 0 Å². The number of halogens is 1. The molecule has 0 aliphatic heterocycles. The molecule has 0 unspecified atom stereocenters. The summed E-state index contributed by atoms with van der Waals surface area (Å²) in [5, 5.41) is 14.5. The van der Waals surface area contributed by atoms with Crippen molar-refractivity contribution in [3.8, 4) is 5.69 Å². The normalized spacial score (nSPS) is 11.2. The Bertz CT molecular complexity index is 1070. The molecular formula is C19H16ClN5S. The van der Waals surface area contributed by atoms with Gasteiger partial charge in [-0.1, -0.05) is 59.8 Å². The fourth-order valence-electron chi connectivity index (χ4n) is 2.93. The van der Waals surface area contributed by atoms with E-state index in [2.05, 4.69) is 52.6 Å². The molecule has 2 heterocycles. The van der Waals surface area contributed by atoms with Gasteiger partial charge >= 0.3 is 0 Å². The zero-order chi connectivity index (χ0) is 18.1. The van der Waals surface area contributed by atoms with Crippen molar-refractivity contribution in [2.75, 3.05) is 0 Å².